The van der Waals surface area contributed by atoms with Gasteiger partial charge in [0.2, 0.25) is 0 Å². The van der Waals surface area contributed by atoms with Gasteiger partial charge in [-0.25, -0.2) is 0 Å². The maximum atomic E-state index is 12.6. The summed E-state index contributed by atoms with van der Waals surface area (Å²) < 4.78 is 137. The number of hydrogen-bond acceptors (Lipinski definition) is 12. The molecule has 0 saturated heterocycles. The topological polar surface area (TPSA) is 258 Å². The zero-order valence-corrected chi connectivity index (χ0v) is 36.6. The van der Waals surface area contributed by atoms with Gasteiger partial charge in [0.1, 0.15) is 18.2 Å². The maximum absolute atomic E-state index is 12.6. The van der Waals surface area contributed by atoms with Gasteiger partial charge in [-0.1, -0.05) is 65.0 Å². The van der Waals surface area contributed by atoms with Crippen LogP contribution in [0.2, 0.25) is 0 Å². The van der Waals surface area contributed by atoms with Crippen molar-refractivity contribution in [3.63, 3.8) is 0 Å². The maximum Gasteiger partial charge on any atom is 0.304 e. The summed E-state index contributed by atoms with van der Waals surface area (Å²) in [6, 6.07) is 4.83. The molecule has 4 aromatic rings. The van der Waals surface area contributed by atoms with Gasteiger partial charge in [-0.15, -0.1) is 22.7 Å². The van der Waals surface area contributed by atoms with Crippen molar-refractivity contribution < 1.29 is 61.8 Å². The fourth-order valence-electron chi connectivity index (χ4n) is 7.37. The lowest BCUT2D eigenvalue weighted by atomic mass is 9.75. The second-order valence-electron chi connectivity index (χ2n) is 14.8. The number of carbonyl (C=O) groups is 1. The highest BCUT2D eigenvalue weighted by atomic mass is 32.3. The van der Waals surface area contributed by atoms with Crippen LogP contribution in [0, 0.1) is 6.92 Å². The van der Waals surface area contributed by atoms with Crippen LogP contribution in [0.3, 0.4) is 0 Å². The summed E-state index contributed by atoms with van der Waals surface area (Å²) in [6.07, 6.45) is 9.89. The molecule has 0 aliphatic carbocycles. The fourth-order valence-corrected chi connectivity index (χ4v) is 13.0. The SMILES string of the molecule is C=C(/C=C/C=C/C=C1/N(CCCCCC(=O)O)c2cc(S(=O)(=O)O)c3sc(S(=O)(=O)O)cc3c2C1(C)C)C(C)(C)c1c(C)cc(S(=O)(=O)O)c2sc(S(=O)(=O)O)cc12. The van der Waals surface area contributed by atoms with Crippen LogP contribution >= 0.6 is 22.7 Å². The lowest BCUT2D eigenvalue weighted by Gasteiger charge is -2.29. The molecular weight excluding hydrogens is 875 g/mol. The second kappa shape index (κ2) is 15.7. The molecule has 0 fully saturated rings. The van der Waals surface area contributed by atoms with Crippen LogP contribution in [-0.2, 0) is 56.1 Å². The van der Waals surface area contributed by atoms with Gasteiger partial charge in [0, 0.05) is 40.6 Å². The summed E-state index contributed by atoms with van der Waals surface area (Å²) >= 11 is 1.01. The molecule has 0 amide bonds. The van der Waals surface area contributed by atoms with E-state index in [9.17, 15) is 56.7 Å². The summed E-state index contributed by atoms with van der Waals surface area (Å²) in [7, 11) is -19.1. The molecule has 0 bridgehead atoms. The van der Waals surface area contributed by atoms with Gasteiger partial charge in [0.05, 0.1) is 9.40 Å². The summed E-state index contributed by atoms with van der Waals surface area (Å²) in [6.45, 7) is 13.4. The molecule has 21 heteroatoms. The average Bonchev–Trinajstić information content (AvgIpc) is 3.76. The lowest BCUT2D eigenvalue weighted by molar-refractivity contribution is -0.137. The minimum absolute atomic E-state index is 0.0397. The number of aliphatic carboxylic acids is 1. The average molecular weight is 916 g/mol. The molecule has 3 heterocycles. The Balaban J connectivity index is 1.56. The van der Waals surface area contributed by atoms with Crippen LogP contribution in [0.15, 0.2) is 90.7 Å². The van der Waals surface area contributed by atoms with E-state index in [-0.39, 0.29) is 26.6 Å². The van der Waals surface area contributed by atoms with Crippen molar-refractivity contribution in [3.8, 4) is 0 Å². The van der Waals surface area contributed by atoms with Crippen molar-refractivity contribution in [2.45, 2.75) is 89.3 Å². The normalized spacial score (nSPS) is 16.1. The Morgan fingerprint density at radius 3 is 1.84 bits per heavy atom. The molecule has 0 unspecified atom stereocenters. The fraction of sp³-hybridized carbons (Fsp3) is 0.324. The van der Waals surface area contributed by atoms with Gasteiger partial charge < -0.3 is 10.0 Å². The van der Waals surface area contributed by atoms with Crippen LogP contribution < -0.4 is 4.90 Å². The predicted octanol–water partition coefficient (Wildman–Crippen LogP) is 7.68. The first-order valence-corrected chi connectivity index (χ1v) is 24.7. The highest BCUT2D eigenvalue weighted by Gasteiger charge is 2.43. The Hall–Kier alpha value is -3.77. The largest absolute Gasteiger partial charge is 0.481 e. The number of allylic oxidation sites excluding steroid dienone is 7. The van der Waals surface area contributed by atoms with E-state index < -0.39 is 75.5 Å². The van der Waals surface area contributed by atoms with Crippen molar-refractivity contribution in [1.82, 2.24) is 0 Å². The van der Waals surface area contributed by atoms with Crippen LogP contribution in [-0.4, -0.2) is 69.5 Å². The minimum Gasteiger partial charge on any atom is -0.481 e. The summed E-state index contributed by atoms with van der Waals surface area (Å²) in [5.41, 5.74) is 1.15. The number of carboxylic acid groups (broad SMARTS) is 1. The second-order valence-corrected chi connectivity index (χ2v) is 23.0. The molecule has 0 saturated carbocycles. The monoisotopic (exact) mass is 915 g/mol. The van der Waals surface area contributed by atoms with Crippen LogP contribution in [0.5, 0.6) is 0 Å². The number of hydrogen-bond donors (Lipinski definition) is 5. The van der Waals surface area contributed by atoms with Crippen molar-refractivity contribution >= 4 is 95.0 Å². The zero-order valence-electron chi connectivity index (χ0n) is 31.7. The number of carboxylic acids is 1. The number of benzene rings is 2. The van der Waals surface area contributed by atoms with Gasteiger partial charge in [0.25, 0.3) is 20.2 Å². The van der Waals surface area contributed by atoms with Crippen molar-refractivity contribution in [1.29, 1.82) is 0 Å². The summed E-state index contributed by atoms with van der Waals surface area (Å²) in [5, 5.41) is 9.49. The van der Waals surface area contributed by atoms with Crippen LogP contribution in [0.4, 0.5) is 5.69 Å². The molecule has 0 spiro atoms. The molecule has 58 heavy (non-hydrogen) atoms. The summed E-state index contributed by atoms with van der Waals surface area (Å²) in [4.78, 5) is 11.9. The standard InChI is InChI=1S/C37H41NO14S6/c1-21-17-26(55(41,42)43)34-23(18-30(53-34)57(47,48)49)32(21)36(3,4)22(2)13-9-7-10-14-28-37(5,6)33-24-19-31(58(50,51)52)54-35(24)27(56(44,45)46)20-25(33)38(28)16-12-8-11-15-29(39)40/h7,9-10,13-14,17-20H,2,8,11-12,15-16H2,1,3-6H3,(H,39,40)(H,41,42,43)(H,44,45,46)(H,47,48,49)(H,50,51,52)/b10-7+,13-9+,28-14+. The molecule has 1 aliphatic rings. The lowest BCUT2D eigenvalue weighted by Crippen LogP contribution is -2.27. The minimum atomic E-state index is -4.88. The molecule has 5 N–H and O–H groups in total. The number of unbranched alkanes of at least 4 members (excludes halogenated alkanes) is 2. The molecule has 5 rings (SSSR count). The Morgan fingerprint density at radius 2 is 1.31 bits per heavy atom. The Labute approximate surface area is 344 Å². The first-order valence-electron chi connectivity index (χ1n) is 17.3. The number of rotatable bonds is 15. The molecule has 2 aromatic carbocycles. The molecule has 0 radical (unpaired) electrons. The smallest absolute Gasteiger partial charge is 0.304 e. The van der Waals surface area contributed by atoms with E-state index in [0.29, 0.717) is 82.1 Å². The number of anilines is 1. The van der Waals surface area contributed by atoms with E-state index >= 15 is 0 Å². The highest BCUT2D eigenvalue weighted by molar-refractivity contribution is 7.89. The zero-order chi connectivity index (χ0) is 43.6. The van der Waals surface area contributed by atoms with Gasteiger partial charge in [-0.2, -0.15) is 33.7 Å². The third-order valence-electron chi connectivity index (χ3n) is 10.1. The molecule has 2 aromatic heterocycles. The first-order chi connectivity index (χ1) is 26.5. The van der Waals surface area contributed by atoms with E-state index in [2.05, 4.69) is 6.58 Å². The van der Waals surface area contributed by atoms with E-state index in [4.69, 9.17) is 5.11 Å². The van der Waals surface area contributed by atoms with E-state index in [1.165, 1.54) is 18.2 Å². The predicted molar refractivity (Wildman–Crippen MR) is 223 cm³/mol. The Morgan fingerprint density at radius 1 is 0.776 bits per heavy atom. The third kappa shape index (κ3) is 8.88. The highest BCUT2D eigenvalue weighted by Crippen LogP contribution is 2.54. The molecule has 314 valence electrons. The van der Waals surface area contributed by atoms with Gasteiger partial charge in [0.15, 0.2) is 0 Å². The molecule has 1 aliphatic heterocycles. The van der Waals surface area contributed by atoms with Crippen molar-refractivity contribution in [3.05, 3.63) is 89.2 Å². The molecular formula is C37H41NO14S6. The molecule has 15 nitrogen and oxygen atoms in total. The number of fused-ring (bicyclic) bond motifs is 4. The van der Waals surface area contributed by atoms with Gasteiger partial charge >= 0.3 is 26.2 Å². The first kappa shape index (κ1) is 45.3. The van der Waals surface area contributed by atoms with Crippen LogP contribution in [0.25, 0.3) is 20.2 Å². The number of aryl methyl sites for hydroxylation is 1. The van der Waals surface area contributed by atoms with Crippen LogP contribution in [0.1, 0.15) is 70.1 Å². The van der Waals surface area contributed by atoms with Gasteiger partial charge in [-0.3, -0.25) is 23.0 Å². The third-order valence-corrected chi connectivity index (χ3v) is 17.0. The molecule has 0 atom stereocenters. The Kier molecular flexibility index (Phi) is 12.3. The van der Waals surface area contributed by atoms with Crippen molar-refractivity contribution in [2.24, 2.45) is 0 Å². The van der Waals surface area contributed by atoms with E-state index in [1.54, 1.807) is 51.2 Å². The number of thiophene rings is 2. The number of nitrogens with zero attached hydrogens (tertiary/aromatic N) is 1. The quantitative estimate of drug-likeness (QED) is 0.0435. The van der Waals surface area contributed by atoms with Gasteiger partial charge in [-0.05, 0) is 77.8 Å². The van der Waals surface area contributed by atoms with E-state index in [1.807, 2.05) is 18.7 Å². The Bertz CT molecular complexity index is 2930. The van der Waals surface area contributed by atoms with E-state index in [0.717, 1.165) is 6.07 Å². The van der Waals surface area contributed by atoms with Crippen molar-refractivity contribution in [2.75, 3.05) is 11.4 Å². The summed E-state index contributed by atoms with van der Waals surface area (Å²) in [5.74, 6) is -0.944.